The summed E-state index contributed by atoms with van der Waals surface area (Å²) in [5, 5.41) is 4.34. The molecule has 14 heavy (non-hydrogen) atoms. The Morgan fingerprint density at radius 1 is 1.57 bits per heavy atom. The third kappa shape index (κ3) is 1.31. The van der Waals surface area contributed by atoms with Gasteiger partial charge in [-0.3, -0.25) is 4.79 Å². The minimum Gasteiger partial charge on any atom is -0.294 e. The zero-order valence-corrected chi connectivity index (χ0v) is 8.32. The molecular formula is C11H12N2O. The molecule has 2 heterocycles. The van der Waals surface area contributed by atoms with Gasteiger partial charge < -0.3 is 0 Å². The molecule has 0 spiro atoms. The number of carbonyl (C=O) groups is 1. The normalized spacial score (nSPS) is 10.7. The van der Waals surface area contributed by atoms with Crippen molar-refractivity contribution in [3.63, 3.8) is 0 Å². The second-order valence-electron chi connectivity index (χ2n) is 3.30. The fourth-order valence-electron chi connectivity index (χ4n) is 1.54. The molecule has 2 rings (SSSR count). The van der Waals surface area contributed by atoms with Crippen LogP contribution >= 0.6 is 0 Å². The maximum absolute atomic E-state index is 11.3. The SMILES string of the molecule is CCc1cc2c(C(C)=O)cccn2n1. The minimum absolute atomic E-state index is 0.0816. The van der Waals surface area contributed by atoms with E-state index in [1.807, 2.05) is 24.4 Å². The van der Waals surface area contributed by atoms with Crippen molar-refractivity contribution in [3.05, 3.63) is 35.7 Å². The van der Waals surface area contributed by atoms with E-state index >= 15 is 0 Å². The Bertz CT molecular complexity index is 485. The molecule has 0 radical (unpaired) electrons. The maximum Gasteiger partial charge on any atom is 0.161 e. The van der Waals surface area contributed by atoms with E-state index < -0.39 is 0 Å². The zero-order valence-electron chi connectivity index (χ0n) is 8.32. The third-order valence-electron chi connectivity index (χ3n) is 2.29. The van der Waals surface area contributed by atoms with Gasteiger partial charge in [0, 0.05) is 11.8 Å². The molecule has 3 nitrogen and oxygen atoms in total. The molecule has 0 fully saturated rings. The van der Waals surface area contributed by atoms with E-state index in [4.69, 9.17) is 0 Å². The van der Waals surface area contributed by atoms with Crippen molar-refractivity contribution in [2.75, 3.05) is 0 Å². The van der Waals surface area contributed by atoms with Crippen molar-refractivity contribution in [1.29, 1.82) is 0 Å². The van der Waals surface area contributed by atoms with Crippen LogP contribution in [0.3, 0.4) is 0 Å². The van der Waals surface area contributed by atoms with Gasteiger partial charge in [-0.2, -0.15) is 5.10 Å². The van der Waals surface area contributed by atoms with Crippen LogP contribution in [0.25, 0.3) is 5.52 Å². The van der Waals surface area contributed by atoms with Gasteiger partial charge in [0.15, 0.2) is 5.78 Å². The Balaban J connectivity index is 2.73. The first-order valence-corrected chi connectivity index (χ1v) is 4.70. The number of ketones is 1. The molecule has 0 bridgehead atoms. The fourth-order valence-corrected chi connectivity index (χ4v) is 1.54. The monoisotopic (exact) mass is 188 g/mol. The first-order valence-electron chi connectivity index (χ1n) is 4.70. The molecule has 0 aromatic carbocycles. The van der Waals surface area contributed by atoms with E-state index in [1.165, 1.54) is 0 Å². The Labute approximate surface area is 82.4 Å². The van der Waals surface area contributed by atoms with Crippen LogP contribution in [0.4, 0.5) is 0 Å². The van der Waals surface area contributed by atoms with Crippen molar-refractivity contribution in [2.45, 2.75) is 20.3 Å². The molecule has 2 aromatic rings. The van der Waals surface area contributed by atoms with Crippen LogP contribution in [0.1, 0.15) is 29.9 Å². The summed E-state index contributed by atoms with van der Waals surface area (Å²) < 4.78 is 1.76. The number of pyridine rings is 1. The zero-order chi connectivity index (χ0) is 10.1. The lowest BCUT2D eigenvalue weighted by atomic mass is 10.1. The van der Waals surface area contributed by atoms with Crippen LogP contribution in [0.15, 0.2) is 24.4 Å². The summed E-state index contributed by atoms with van der Waals surface area (Å²) in [6.07, 6.45) is 2.75. The lowest BCUT2D eigenvalue weighted by Crippen LogP contribution is -1.96. The van der Waals surface area contributed by atoms with Crippen molar-refractivity contribution >= 4 is 11.3 Å². The highest BCUT2D eigenvalue weighted by Gasteiger charge is 2.07. The van der Waals surface area contributed by atoms with E-state index in [0.29, 0.717) is 0 Å². The highest BCUT2D eigenvalue weighted by molar-refractivity contribution is 6.00. The predicted molar refractivity (Wildman–Crippen MR) is 54.6 cm³/mol. The first-order chi connectivity index (χ1) is 6.72. The van der Waals surface area contributed by atoms with E-state index in [1.54, 1.807) is 11.4 Å². The fraction of sp³-hybridized carbons (Fsp3) is 0.273. The number of Topliss-reactive ketones (excluding diaryl/α,β-unsaturated/α-hetero) is 1. The molecule has 0 saturated heterocycles. The molecule has 0 saturated carbocycles. The number of fused-ring (bicyclic) bond motifs is 1. The van der Waals surface area contributed by atoms with Crippen molar-refractivity contribution in [3.8, 4) is 0 Å². The van der Waals surface area contributed by atoms with Gasteiger partial charge >= 0.3 is 0 Å². The molecule has 0 amide bonds. The van der Waals surface area contributed by atoms with Crippen molar-refractivity contribution in [1.82, 2.24) is 9.61 Å². The second kappa shape index (κ2) is 3.25. The number of aromatic nitrogens is 2. The van der Waals surface area contributed by atoms with Crippen LogP contribution in [-0.4, -0.2) is 15.4 Å². The lowest BCUT2D eigenvalue weighted by Gasteiger charge is -1.97. The summed E-state index contributed by atoms with van der Waals surface area (Å²) in [6.45, 7) is 3.63. The van der Waals surface area contributed by atoms with E-state index in [-0.39, 0.29) is 5.78 Å². The average Bonchev–Trinajstić information content (AvgIpc) is 2.59. The smallest absolute Gasteiger partial charge is 0.161 e. The predicted octanol–water partition coefficient (Wildman–Crippen LogP) is 2.10. The highest BCUT2D eigenvalue weighted by atomic mass is 16.1. The summed E-state index contributed by atoms with van der Waals surface area (Å²) in [4.78, 5) is 11.3. The number of carbonyl (C=O) groups excluding carboxylic acids is 1. The van der Waals surface area contributed by atoms with Gasteiger partial charge in [-0.1, -0.05) is 6.92 Å². The van der Waals surface area contributed by atoms with Gasteiger partial charge in [0.05, 0.1) is 11.2 Å². The van der Waals surface area contributed by atoms with Gasteiger partial charge in [-0.25, -0.2) is 4.52 Å². The lowest BCUT2D eigenvalue weighted by molar-refractivity contribution is 0.101. The Morgan fingerprint density at radius 3 is 3.00 bits per heavy atom. The molecule has 2 aromatic heterocycles. The van der Waals surface area contributed by atoms with E-state index in [9.17, 15) is 4.79 Å². The van der Waals surface area contributed by atoms with Crippen LogP contribution < -0.4 is 0 Å². The maximum atomic E-state index is 11.3. The van der Waals surface area contributed by atoms with Crippen LogP contribution in [0.5, 0.6) is 0 Å². The highest BCUT2D eigenvalue weighted by Crippen LogP contribution is 2.13. The minimum atomic E-state index is 0.0816. The Kier molecular flexibility index (Phi) is 2.08. The van der Waals surface area contributed by atoms with Gasteiger partial charge in [0.1, 0.15) is 0 Å². The summed E-state index contributed by atoms with van der Waals surface area (Å²) >= 11 is 0. The van der Waals surface area contributed by atoms with Crippen LogP contribution in [0, 0.1) is 0 Å². The first kappa shape index (κ1) is 8.94. The van der Waals surface area contributed by atoms with E-state index in [0.717, 1.165) is 23.2 Å². The average molecular weight is 188 g/mol. The largest absolute Gasteiger partial charge is 0.294 e. The molecule has 72 valence electrons. The Hall–Kier alpha value is -1.64. The van der Waals surface area contributed by atoms with Gasteiger partial charge in [-0.15, -0.1) is 0 Å². The summed E-state index contributed by atoms with van der Waals surface area (Å²) in [7, 11) is 0. The van der Waals surface area contributed by atoms with Crippen molar-refractivity contribution < 1.29 is 4.79 Å². The Morgan fingerprint density at radius 2 is 2.36 bits per heavy atom. The molecule has 0 aliphatic carbocycles. The standard InChI is InChI=1S/C11H12N2O/c1-3-9-7-11-10(8(2)14)5-4-6-13(11)12-9/h4-7H,3H2,1-2H3. The summed E-state index contributed by atoms with van der Waals surface area (Å²) in [5.74, 6) is 0.0816. The molecule has 0 atom stereocenters. The molecule has 0 unspecified atom stereocenters. The van der Waals surface area contributed by atoms with Crippen molar-refractivity contribution in [2.24, 2.45) is 0 Å². The number of aryl methyl sites for hydroxylation is 1. The van der Waals surface area contributed by atoms with Crippen LogP contribution in [-0.2, 0) is 6.42 Å². The second-order valence-corrected chi connectivity index (χ2v) is 3.30. The van der Waals surface area contributed by atoms with Gasteiger partial charge in [-0.05, 0) is 31.5 Å². The number of rotatable bonds is 2. The summed E-state index contributed by atoms with van der Waals surface area (Å²) in [5.41, 5.74) is 2.65. The van der Waals surface area contributed by atoms with Crippen LogP contribution in [0.2, 0.25) is 0 Å². The molecule has 0 aliphatic heterocycles. The number of nitrogens with zero attached hydrogens (tertiary/aromatic N) is 2. The van der Waals surface area contributed by atoms with Gasteiger partial charge in [0.2, 0.25) is 0 Å². The van der Waals surface area contributed by atoms with E-state index in [2.05, 4.69) is 12.0 Å². The molecule has 3 heteroatoms. The quantitative estimate of drug-likeness (QED) is 0.676. The molecule has 0 aliphatic rings. The van der Waals surface area contributed by atoms with Gasteiger partial charge in [0.25, 0.3) is 0 Å². The number of hydrogen-bond acceptors (Lipinski definition) is 2. The summed E-state index contributed by atoms with van der Waals surface area (Å²) in [6, 6.07) is 5.64. The third-order valence-corrected chi connectivity index (χ3v) is 2.29. The number of hydrogen-bond donors (Lipinski definition) is 0. The molecular weight excluding hydrogens is 176 g/mol. The topological polar surface area (TPSA) is 34.4 Å². The molecule has 0 N–H and O–H groups in total.